The summed E-state index contributed by atoms with van der Waals surface area (Å²) in [6, 6.07) is 18.5. The second kappa shape index (κ2) is 8.77. The lowest BCUT2D eigenvalue weighted by atomic mass is 10.2. The molecule has 0 unspecified atom stereocenters. The van der Waals surface area contributed by atoms with Gasteiger partial charge in [0.2, 0.25) is 5.91 Å². The number of rotatable bonds is 6. The first kappa shape index (κ1) is 19.0. The molecule has 1 heterocycles. The van der Waals surface area contributed by atoms with Crippen LogP contribution in [-0.2, 0) is 11.3 Å². The summed E-state index contributed by atoms with van der Waals surface area (Å²) in [7, 11) is 0. The minimum absolute atomic E-state index is 0.127. The van der Waals surface area contributed by atoms with E-state index in [0.717, 1.165) is 11.3 Å². The van der Waals surface area contributed by atoms with Crippen LogP contribution in [0, 0.1) is 6.92 Å². The maximum absolute atomic E-state index is 12.5. The Balaban J connectivity index is 1.68. The Morgan fingerprint density at radius 2 is 1.61 bits per heavy atom. The summed E-state index contributed by atoms with van der Waals surface area (Å²) in [6.45, 7) is 3.62. The predicted molar refractivity (Wildman–Crippen MR) is 108 cm³/mol. The number of amides is 2. The highest BCUT2D eigenvalue weighted by atomic mass is 16.2. The van der Waals surface area contributed by atoms with Gasteiger partial charge in [-0.1, -0.05) is 30.3 Å². The van der Waals surface area contributed by atoms with Crippen LogP contribution in [0.1, 0.15) is 28.8 Å². The first-order valence-corrected chi connectivity index (χ1v) is 8.82. The lowest BCUT2D eigenvalue weighted by Crippen LogP contribution is -2.24. The fourth-order valence-electron chi connectivity index (χ4n) is 2.60. The van der Waals surface area contributed by atoms with Crippen LogP contribution in [0.25, 0.3) is 0 Å². The second-order valence-corrected chi connectivity index (χ2v) is 6.24. The van der Waals surface area contributed by atoms with Crippen molar-refractivity contribution < 1.29 is 9.59 Å². The molecule has 0 spiro atoms. The highest BCUT2D eigenvalue weighted by Gasteiger charge is 2.11. The zero-order valence-corrected chi connectivity index (χ0v) is 15.7. The van der Waals surface area contributed by atoms with Gasteiger partial charge < -0.3 is 16.0 Å². The molecule has 0 radical (unpaired) electrons. The van der Waals surface area contributed by atoms with E-state index in [9.17, 15) is 9.59 Å². The minimum Gasteiger partial charge on any atom is -0.347 e. The molecule has 3 aromatic rings. The molecule has 0 fully saturated rings. The molecule has 1 aromatic heterocycles. The van der Waals surface area contributed by atoms with E-state index in [4.69, 9.17) is 0 Å². The van der Waals surface area contributed by atoms with Crippen molar-refractivity contribution in [2.45, 2.75) is 20.4 Å². The molecule has 0 saturated heterocycles. The molecule has 0 aliphatic heterocycles. The third kappa shape index (κ3) is 5.38. The fraction of sp³-hybridized carbons (Fsp3) is 0.143. The summed E-state index contributed by atoms with van der Waals surface area (Å²) in [5, 5.41) is 8.72. The number of hydrogen-bond acceptors (Lipinski definition) is 5. The van der Waals surface area contributed by atoms with Crippen LogP contribution in [-0.4, -0.2) is 21.8 Å². The zero-order valence-electron chi connectivity index (χ0n) is 15.7. The molecule has 2 aromatic carbocycles. The summed E-state index contributed by atoms with van der Waals surface area (Å²) >= 11 is 0. The standard InChI is InChI=1S/C21H21N5O2/c1-14-23-19(21(28)22-13-16-6-4-3-5-7-16)12-20(24-14)26-18-10-8-17(9-11-18)25-15(2)27/h3-12H,13H2,1-2H3,(H,22,28)(H,25,27)(H,23,24,26). The summed E-state index contributed by atoms with van der Waals surface area (Å²) in [6.07, 6.45) is 0. The second-order valence-electron chi connectivity index (χ2n) is 6.24. The van der Waals surface area contributed by atoms with Gasteiger partial charge in [-0.3, -0.25) is 9.59 Å². The smallest absolute Gasteiger partial charge is 0.270 e. The van der Waals surface area contributed by atoms with Crippen LogP contribution in [0.2, 0.25) is 0 Å². The molecule has 142 valence electrons. The van der Waals surface area contributed by atoms with E-state index < -0.39 is 0 Å². The van der Waals surface area contributed by atoms with E-state index in [1.54, 1.807) is 25.1 Å². The van der Waals surface area contributed by atoms with Gasteiger partial charge >= 0.3 is 0 Å². The number of carbonyl (C=O) groups excluding carboxylic acids is 2. The monoisotopic (exact) mass is 375 g/mol. The summed E-state index contributed by atoms with van der Waals surface area (Å²) < 4.78 is 0. The third-order valence-electron chi connectivity index (χ3n) is 3.84. The quantitative estimate of drug-likeness (QED) is 0.613. The lowest BCUT2D eigenvalue weighted by molar-refractivity contribution is -0.114. The van der Waals surface area contributed by atoms with E-state index in [-0.39, 0.29) is 11.8 Å². The van der Waals surface area contributed by atoms with Crippen molar-refractivity contribution in [3.05, 3.63) is 77.7 Å². The number of carbonyl (C=O) groups is 2. The Bertz CT molecular complexity index is 972. The first-order chi connectivity index (χ1) is 13.5. The van der Waals surface area contributed by atoms with Gasteiger partial charge in [0, 0.05) is 30.9 Å². The molecule has 28 heavy (non-hydrogen) atoms. The molecule has 2 amide bonds. The molecular formula is C21H21N5O2. The van der Waals surface area contributed by atoms with Crippen molar-refractivity contribution in [2.75, 3.05) is 10.6 Å². The lowest BCUT2D eigenvalue weighted by Gasteiger charge is -2.10. The summed E-state index contributed by atoms with van der Waals surface area (Å²) in [5.74, 6) is 0.617. The molecular weight excluding hydrogens is 354 g/mol. The van der Waals surface area contributed by atoms with E-state index in [1.165, 1.54) is 6.92 Å². The molecule has 0 aliphatic rings. The highest BCUT2D eigenvalue weighted by Crippen LogP contribution is 2.18. The number of aromatic nitrogens is 2. The van der Waals surface area contributed by atoms with Gasteiger partial charge in [-0.05, 0) is 36.8 Å². The Labute approximate surface area is 163 Å². The van der Waals surface area contributed by atoms with Gasteiger partial charge in [-0.15, -0.1) is 0 Å². The van der Waals surface area contributed by atoms with Gasteiger partial charge in [-0.2, -0.15) is 0 Å². The molecule has 0 atom stereocenters. The van der Waals surface area contributed by atoms with Crippen molar-refractivity contribution >= 4 is 29.0 Å². The Morgan fingerprint density at radius 1 is 0.929 bits per heavy atom. The SMILES string of the molecule is CC(=O)Nc1ccc(Nc2cc(C(=O)NCc3ccccc3)nc(C)n2)cc1. The number of nitrogens with one attached hydrogen (secondary N) is 3. The third-order valence-corrected chi connectivity index (χ3v) is 3.84. The number of hydrogen-bond donors (Lipinski definition) is 3. The summed E-state index contributed by atoms with van der Waals surface area (Å²) in [5.41, 5.74) is 2.79. The summed E-state index contributed by atoms with van der Waals surface area (Å²) in [4.78, 5) is 32.1. The fourth-order valence-corrected chi connectivity index (χ4v) is 2.60. The largest absolute Gasteiger partial charge is 0.347 e. The van der Waals surface area contributed by atoms with Gasteiger partial charge in [0.05, 0.1) is 0 Å². The van der Waals surface area contributed by atoms with Crippen LogP contribution in [0.15, 0.2) is 60.7 Å². The average molecular weight is 375 g/mol. The van der Waals surface area contributed by atoms with Gasteiger partial charge in [0.15, 0.2) is 0 Å². The van der Waals surface area contributed by atoms with Crippen molar-refractivity contribution in [2.24, 2.45) is 0 Å². The van der Waals surface area contributed by atoms with Crippen LogP contribution < -0.4 is 16.0 Å². The van der Waals surface area contributed by atoms with Crippen molar-refractivity contribution in [3.63, 3.8) is 0 Å². The predicted octanol–water partition coefficient (Wildman–Crippen LogP) is 3.42. The highest BCUT2D eigenvalue weighted by molar-refractivity contribution is 5.93. The molecule has 3 rings (SSSR count). The number of aryl methyl sites for hydroxylation is 1. The van der Waals surface area contributed by atoms with Crippen molar-refractivity contribution in [1.29, 1.82) is 0 Å². The van der Waals surface area contributed by atoms with Crippen LogP contribution in [0.5, 0.6) is 0 Å². The minimum atomic E-state index is -0.265. The van der Waals surface area contributed by atoms with Gasteiger partial charge in [-0.25, -0.2) is 9.97 Å². The Hall–Kier alpha value is -3.74. The molecule has 7 heteroatoms. The van der Waals surface area contributed by atoms with Crippen LogP contribution in [0.4, 0.5) is 17.2 Å². The van der Waals surface area contributed by atoms with Gasteiger partial charge in [0.25, 0.3) is 5.91 Å². The van der Waals surface area contributed by atoms with Gasteiger partial charge in [0.1, 0.15) is 17.3 Å². The maximum atomic E-state index is 12.5. The van der Waals surface area contributed by atoms with E-state index in [2.05, 4.69) is 25.9 Å². The number of anilines is 3. The number of benzene rings is 2. The van der Waals surface area contributed by atoms with E-state index in [0.29, 0.717) is 29.6 Å². The van der Waals surface area contributed by atoms with E-state index in [1.807, 2.05) is 42.5 Å². The normalized spacial score (nSPS) is 10.2. The molecule has 7 nitrogen and oxygen atoms in total. The molecule has 0 saturated carbocycles. The molecule has 0 bridgehead atoms. The van der Waals surface area contributed by atoms with Crippen LogP contribution in [0.3, 0.4) is 0 Å². The Morgan fingerprint density at radius 3 is 2.29 bits per heavy atom. The topological polar surface area (TPSA) is 96.0 Å². The molecule has 0 aliphatic carbocycles. The van der Waals surface area contributed by atoms with Crippen LogP contribution >= 0.6 is 0 Å². The Kier molecular flexibility index (Phi) is 5.96. The molecule has 3 N–H and O–H groups in total. The van der Waals surface area contributed by atoms with Crippen molar-refractivity contribution in [3.8, 4) is 0 Å². The van der Waals surface area contributed by atoms with Crippen molar-refractivity contribution in [1.82, 2.24) is 15.3 Å². The first-order valence-electron chi connectivity index (χ1n) is 8.82. The average Bonchev–Trinajstić information content (AvgIpc) is 2.67. The number of nitrogens with zero attached hydrogens (tertiary/aromatic N) is 2. The maximum Gasteiger partial charge on any atom is 0.270 e. The zero-order chi connectivity index (χ0) is 19.9. The van der Waals surface area contributed by atoms with E-state index >= 15 is 0 Å².